The molecule has 0 spiro atoms. The molecule has 29 heavy (non-hydrogen) atoms. The third kappa shape index (κ3) is 2.97. The molecule has 1 aliphatic rings. The summed E-state index contributed by atoms with van der Waals surface area (Å²) in [6.45, 7) is 0.767. The first kappa shape index (κ1) is 18.8. The van der Waals surface area contributed by atoms with E-state index in [1.165, 1.54) is 22.3 Å². The highest BCUT2D eigenvalue weighted by atomic mass is 14.8. The molecule has 0 radical (unpaired) electrons. The highest BCUT2D eigenvalue weighted by molar-refractivity contribution is 5.86. The maximum absolute atomic E-state index is 6.02. The van der Waals surface area contributed by atoms with E-state index in [9.17, 15) is 0 Å². The Bertz CT molecular complexity index is 1080. The van der Waals surface area contributed by atoms with Crippen LogP contribution in [0.25, 0.3) is 11.1 Å². The highest BCUT2D eigenvalue weighted by Crippen LogP contribution is 2.56. The smallest absolute Gasteiger partial charge is 0.0719 e. The van der Waals surface area contributed by atoms with Crippen molar-refractivity contribution in [2.45, 2.75) is 5.41 Å². The van der Waals surface area contributed by atoms with Crippen LogP contribution in [0.15, 0.2) is 96.6 Å². The topological polar surface area (TPSA) is 38.0 Å². The van der Waals surface area contributed by atoms with Gasteiger partial charge in [-0.05, 0) is 58.6 Å². The third-order valence-electron chi connectivity index (χ3n) is 5.59. The number of fused-ring (bicyclic) bond motifs is 3. The van der Waals surface area contributed by atoms with Gasteiger partial charge in [0.15, 0.2) is 0 Å². The zero-order chi connectivity index (χ0) is 20.3. The van der Waals surface area contributed by atoms with Crippen LogP contribution in [0.3, 0.4) is 0 Å². The van der Waals surface area contributed by atoms with Gasteiger partial charge in [-0.25, -0.2) is 0 Å². The second-order valence-corrected chi connectivity index (χ2v) is 7.19. The van der Waals surface area contributed by atoms with Crippen LogP contribution in [0.1, 0.15) is 16.7 Å². The van der Waals surface area contributed by atoms with Gasteiger partial charge >= 0.3 is 0 Å². The Hall–Kier alpha value is -3.54. The third-order valence-corrected chi connectivity index (χ3v) is 5.59. The summed E-state index contributed by atoms with van der Waals surface area (Å²) in [7, 11) is 1.94. The molecule has 2 nitrogen and oxygen atoms in total. The zero-order valence-electron chi connectivity index (χ0n) is 16.5. The van der Waals surface area contributed by atoms with Gasteiger partial charge in [0.1, 0.15) is 0 Å². The van der Waals surface area contributed by atoms with Crippen molar-refractivity contribution in [1.82, 2.24) is 5.32 Å². The summed E-state index contributed by atoms with van der Waals surface area (Å²) in [6.07, 6.45) is 12.0. The molecule has 0 atom stereocenters. The molecule has 0 aromatic heterocycles. The molecule has 0 fully saturated rings. The lowest BCUT2D eigenvalue weighted by atomic mass is 9.67. The number of terminal acetylenes is 1. The van der Waals surface area contributed by atoms with E-state index in [0.29, 0.717) is 0 Å². The van der Waals surface area contributed by atoms with Crippen LogP contribution in [0.4, 0.5) is 5.69 Å². The van der Waals surface area contributed by atoms with Crippen LogP contribution in [0.2, 0.25) is 0 Å². The zero-order valence-corrected chi connectivity index (χ0v) is 16.5. The molecule has 0 aliphatic heterocycles. The summed E-state index contributed by atoms with van der Waals surface area (Å²) >= 11 is 0. The number of anilines is 1. The lowest BCUT2D eigenvalue weighted by Gasteiger charge is -2.34. The highest BCUT2D eigenvalue weighted by Gasteiger charge is 2.46. The Kier molecular flexibility index (Phi) is 5.08. The van der Waals surface area contributed by atoms with Crippen LogP contribution < -0.4 is 11.1 Å². The monoisotopic (exact) mass is 376 g/mol. The van der Waals surface area contributed by atoms with Gasteiger partial charge in [-0.1, -0.05) is 78.7 Å². The van der Waals surface area contributed by atoms with Crippen molar-refractivity contribution in [3.63, 3.8) is 0 Å². The van der Waals surface area contributed by atoms with E-state index < -0.39 is 5.41 Å². The fourth-order valence-corrected chi connectivity index (χ4v) is 4.43. The van der Waals surface area contributed by atoms with Crippen LogP contribution in [-0.2, 0) is 5.41 Å². The average Bonchev–Trinajstić information content (AvgIpc) is 3.05. The van der Waals surface area contributed by atoms with Crippen molar-refractivity contribution in [3.8, 4) is 23.5 Å². The predicted octanol–water partition coefficient (Wildman–Crippen LogP) is 4.92. The summed E-state index contributed by atoms with van der Waals surface area (Å²) in [5.41, 5.74) is 13.5. The molecule has 3 aromatic rings. The second kappa shape index (κ2) is 7.83. The number of benzene rings is 3. The number of likely N-dealkylation sites (N-methyl/N-ethyl adjacent to an activating group) is 1. The molecule has 0 saturated heterocycles. The maximum atomic E-state index is 6.02. The molecule has 2 heteroatoms. The van der Waals surface area contributed by atoms with Crippen LogP contribution >= 0.6 is 0 Å². The minimum Gasteiger partial charge on any atom is -0.399 e. The van der Waals surface area contributed by atoms with Gasteiger partial charge in [-0.15, -0.1) is 6.42 Å². The second-order valence-electron chi connectivity index (χ2n) is 7.19. The lowest BCUT2D eigenvalue weighted by Crippen LogP contribution is -2.29. The molecule has 142 valence electrons. The normalized spacial score (nSPS) is 14.4. The van der Waals surface area contributed by atoms with Gasteiger partial charge in [0.2, 0.25) is 0 Å². The Morgan fingerprint density at radius 2 is 1.55 bits per heavy atom. The van der Waals surface area contributed by atoms with Gasteiger partial charge in [0, 0.05) is 12.2 Å². The molecule has 1 aliphatic carbocycles. The molecular formula is C27H24N2. The van der Waals surface area contributed by atoms with Gasteiger partial charge < -0.3 is 11.1 Å². The quantitative estimate of drug-likeness (QED) is 0.377. The molecule has 0 heterocycles. The van der Waals surface area contributed by atoms with E-state index in [0.717, 1.165) is 23.4 Å². The van der Waals surface area contributed by atoms with Gasteiger partial charge in [-0.2, -0.15) is 0 Å². The van der Waals surface area contributed by atoms with Crippen LogP contribution in [-0.4, -0.2) is 13.6 Å². The number of rotatable bonds is 5. The average molecular weight is 377 g/mol. The number of allylic oxidation sites excluding steroid dienone is 3. The van der Waals surface area contributed by atoms with E-state index in [1.54, 1.807) is 0 Å². The molecule has 0 unspecified atom stereocenters. The first-order valence-electron chi connectivity index (χ1n) is 9.76. The SMILES string of the molecule is C#C/C=C(\C=C/CNC)C1(c2ccc(N)cc2)c2ccccc2-c2ccccc21. The number of hydrogen-bond donors (Lipinski definition) is 2. The Morgan fingerprint density at radius 1 is 0.966 bits per heavy atom. The molecule has 3 N–H and O–H groups in total. The van der Waals surface area contributed by atoms with Gasteiger partial charge in [-0.3, -0.25) is 0 Å². The minimum atomic E-state index is -0.489. The van der Waals surface area contributed by atoms with Crippen molar-refractivity contribution in [2.24, 2.45) is 0 Å². The van der Waals surface area contributed by atoms with Crippen molar-refractivity contribution in [3.05, 3.63) is 113 Å². The Labute approximate surface area is 172 Å². The fourth-order valence-electron chi connectivity index (χ4n) is 4.43. The van der Waals surface area contributed by atoms with Crippen molar-refractivity contribution in [1.29, 1.82) is 0 Å². The molecular weight excluding hydrogens is 352 g/mol. The van der Waals surface area contributed by atoms with E-state index in [4.69, 9.17) is 12.2 Å². The van der Waals surface area contributed by atoms with E-state index in [-0.39, 0.29) is 0 Å². The lowest BCUT2D eigenvalue weighted by molar-refractivity contribution is 0.766. The number of hydrogen-bond acceptors (Lipinski definition) is 2. The Balaban J connectivity index is 2.11. The molecule has 0 amide bonds. The van der Waals surface area contributed by atoms with E-state index in [2.05, 4.69) is 84.1 Å². The van der Waals surface area contributed by atoms with Gasteiger partial charge in [0.25, 0.3) is 0 Å². The largest absolute Gasteiger partial charge is 0.399 e. The number of nitrogens with two attached hydrogens (primary N) is 1. The molecule has 0 saturated carbocycles. The fraction of sp³-hybridized carbons (Fsp3) is 0.111. The molecule has 0 bridgehead atoms. The first-order chi connectivity index (χ1) is 14.2. The number of nitrogens with one attached hydrogen (secondary N) is 1. The molecule has 4 rings (SSSR count). The summed E-state index contributed by atoms with van der Waals surface area (Å²) in [5, 5.41) is 3.17. The minimum absolute atomic E-state index is 0.489. The molecule has 3 aromatic carbocycles. The maximum Gasteiger partial charge on any atom is 0.0719 e. The van der Waals surface area contributed by atoms with Crippen LogP contribution in [0, 0.1) is 12.3 Å². The summed E-state index contributed by atoms with van der Waals surface area (Å²) in [6, 6.07) is 25.3. The first-order valence-corrected chi connectivity index (χ1v) is 9.76. The van der Waals surface area contributed by atoms with E-state index >= 15 is 0 Å². The summed E-state index contributed by atoms with van der Waals surface area (Å²) in [4.78, 5) is 0. The van der Waals surface area contributed by atoms with Crippen molar-refractivity contribution >= 4 is 5.69 Å². The van der Waals surface area contributed by atoms with Crippen LogP contribution in [0.5, 0.6) is 0 Å². The Morgan fingerprint density at radius 3 is 2.10 bits per heavy atom. The summed E-state index contributed by atoms with van der Waals surface area (Å²) < 4.78 is 0. The predicted molar refractivity (Wildman–Crippen MR) is 123 cm³/mol. The van der Waals surface area contributed by atoms with E-state index in [1.807, 2.05) is 25.3 Å². The van der Waals surface area contributed by atoms with Crippen molar-refractivity contribution < 1.29 is 0 Å². The number of nitrogen functional groups attached to an aromatic ring is 1. The summed E-state index contributed by atoms with van der Waals surface area (Å²) in [5.74, 6) is 2.78. The van der Waals surface area contributed by atoms with Crippen molar-refractivity contribution in [2.75, 3.05) is 19.3 Å². The van der Waals surface area contributed by atoms with Gasteiger partial charge in [0.05, 0.1) is 5.41 Å². The standard InChI is InChI=1S/C27H24N2/c1-3-9-20(10-8-19-29-2)27(21-15-17-22(28)18-16-21)25-13-6-4-11-23(25)24-12-5-7-14-26(24)27/h1,4-18,29H,19,28H2,2H3/b10-8-,20-9+.